The van der Waals surface area contributed by atoms with E-state index in [1.54, 1.807) is 7.11 Å². The molecule has 19 heavy (non-hydrogen) atoms. The van der Waals surface area contributed by atoms with Gasteiger partial charge in [-0.1, -0.05) is 0 Å². The minimum absolute atomic E-state index is 0.0653. The van der Waals surface area contributed by atoms with E-state index in [-0.39, 0.29) is 12.2 Å². The summed E-state index contributed by atoms with van der Waals surface area (Å²) in [5, 5.41) is 0. The molecule has 1 aromatic carbocycles. The van der Waals surface area contributed by atoms with Gasteiger partial charge in [0, 0.05) is 12.0 Å². The highest BCUT2D eigenvalue weighted by molar-refractivity contribution is 6.18. The maximum Gasteiger partial charge on any atom is 0.188 e. The molecule has 0 aromatic heterocycles. The van der Waals surface area contributed by atoms with Crippen molar-refractivity contribution >= 4 is 11.6 Å². The average molecular weight is 285 g/mol. The lowest BCUT2D eigenvalue weighted by molar-refractivity contribution is -0.0580. The molecule has 0 saturated carbocycles. The second kappa shape index (κ2) is 5.19. The summed E-state index contributed by atoms with van der Waals surface area (Å²) < 4.78 is 22.6. The Morgan fingerprint density at radius 1 is 1.42 bits per heavy atom. The Kier molecular flexibility index (Phi) is 3.56. The molecular weight excluding hydrogens is 268 g/mol. The van der Waals surface area contributed by atoms with Gasteiger partial charge in [-0.3, -0.25) is 0 Å². The largest absolute Gasteiger partial charge is 0.496 e. The molecule has 3 rings (SSSR count). The van der Waals surface area contributed by atoms with E-state index in [1.807, 2.05) is 12.1 Å². The van der Waals surface area contributed by atoms with Crippen molar-refractivity contribution in [1.29, 1.82) is 0 Å². The highest BCUT2D eigenvalue weighted by Crippen LogP contribution is 2.40. The fraction of sp³-hybridized carbons (Fsp3) is 0.571. The van der Waals surface area contributed by atoms with Crippen LogP contribution in [-0.4, -0.2) is 31.8 Å². The average Bonchev–Trinajstić information content (AvgIpc) is 3.01. The van der Waals surface area contributed by atoms with Crippen LogP contribution in [0.1, 0.15) is 24.3 Å². The summed E-state index contributed by atoms with van der Waals surface area (Å²) >= 11 is 5.79. The van der Waals surface area contributed by atoms with Gasteiger partial charge in [0.1, 0.15) is 17.6 Å². The van der Waals surface area contributed by atoms with E-state index in [0.717, 1.165) is 23.5 Å². The molecule has 4 nitrogen and oxygen atoms in total. The molecule has 0 amide bonds. The topological polar surface area (TPSA) is 36.9 Å². The van der Waals surface area contributed by atoms with Gasteiger partial charge in [-0.05, 0) is 19.1 Å². The number of benzene rings is 1. The Morgan fingerprint density at radius 3 is 2.95 bits per heavy atom. The van der Waals surface area contributed by atoms with Crippen LogP contribution >= 0.6 is 11.6 Å². The fourth-order valence-electron chi connectivity index (χ4n) is 2.51. The third kappa shape index (κ3) is 2.40. The lowest BCUT2D eigenvalue weighted by atomic mass is 10.1. The summed E-state index contributed by atoms with van der Waals surface area (Å²) in [6, 6.07) is 3.97. The van der Waals surface area contributed by atoms with Crippen molar-refractivity contribution in [2.24, 2.45) is 0 Å². The van der Waals surface area contributed by atoms with Crippen molar-refractivity contribution < 1.29 is 18.9 Å². The van der Waals surface area contributed by atoms with Crippen molar-refractivity contribution in [3.8, 4) is 11.5 Å². The second-order valence-corrected chi connectivity index (χ2v) is 5.22. The van der Waals surface area contributed by atoms with E-state index in [0.29, 0.717) is 12.5 Å². The quantitative estimate of drug-likeness (QED) is 0.800. The lowest BCUT2D eigenvalue weighted by Gasteiger charge is -2.16. The zero-order valence-electron chi connectivity index (χ0n) is 11.0. The maximum atomic E-state index is 5.79. The maximum absolute atomic E-state index is 5.79. The molecule has 1 fully saturated rings. The van der Waals surface area contributed by atoms with Gasteiger partial charge >= 0.3 is 0 Å². The third-order valence-corrected chi connectivity index (χ3v) is 3.77. The van der Waals surface area contributed by atoms with Crippen LogP contribution in [0.25, 0.3) is 0 Å². The van der Waals surface area contributed by atoms with Crippen LogP contribution in [0.5, 0.6) is 11.5 Å². The Hall–Kier alpha value is -0.970. The van der Waals surface area contributed by atoms with Gasteiger partial charge < -0.3 is 18.9 Å². The molecule has 0 spiro atoms. The van der Waals surface area contributed by atoms with Crippen molar-refractivity contribution in [3.63, 3.8) is 0 Å². The summed E-state index contributed by atoms with van der Waals surface area (Å²) in [5.41, 5.74) is 2.03. The van der Waals surface area contributed by atoms with E-state index in [1.165, 1.54) is 5.56 Å². The van der Waals surface area contributed by atoms with Crippen molar-refractivity contribution in [2.45, 2.75) is 31.8 Å². The number of rotatable bonds is 3. The zero-order valence-corrected chi connectivity index (χ0v) is 11.8. The van der Waals surface area contributed by atoms with Gasteiger partial charge in [0.2, 0.25) is 0 Å². The Balaban J connectivity index is 1.91. The first-order valence-corrected chi connectivity index (χ1v) is 6.95. The molecule has 0 N–H and O–H groups in total. The van der Waals surface area contributed by atoms with E-state index in [2.05, 4.69) is 6.92 Å². The molecule has 1 aromatic rings. The van der Waals surface area contributed by atoms with Gasteiger partial charge in [0.05, 0.1) is 31.3 Å². The fourth-order valence-corrected chi connectivity index (χ4v) is 2.67. The predicted octanol–water partition coefficient (Wildman–Crippen LogP) is 2.67. The molecule has 0 radical (unpaired) electrons. The van der Waals surface area contributed by atoms with Crippen LogP contribution in [0.15, 0.2) is 12.1 Å². The Morgan fingerprint density at radius 2 is 2.26 bits per heavy atom. The second-order valence-electron chi connectivity index (χ2n) is 4.91. The molecule has 5 heteroatoms. The van der Waals surface area contributed by atoms with Gasteiger partial charge in [-0.2, -0.15) is 0 Å². The van der Waals surface area contributed by atoms with E-state index in [4.69, 9.17) is 30.5 Å². The zero-order chi connectivity index (χ0) is 13.4. The number of hydrogen-bond donors (Lipinski definition) is 0. The van der Waals surface area contributed by atoms with E-state index >= 15 is 0 Å². The number of fused-ring (bicyclic) bond motifs is 1. The SMILES string of the molecule is COc1cc2c(cc1C1OCC(CCl)O1)OC(C)C2. The van der Waals surface area contributed by atoms with Crippen LogP contribution < -0.4 is 9.47 Å². The predicted molar refractivity (Wildman–Crippen MR) is 71.1 cm³/mol. The standard InChI is InChI=1S/C14H17ClO4/c1-8-3-9-4-13(16-2)11(5-12(9)18-8)14-17-7-10(6-15)19-14/h4-5,8,10,14H,3,6-7H2,1-2H3. The van der Waals surface area contributed by atoms with Crippen LogP contribution in [0.4, 0.5) is 0 Å². The minimum Gasteiger partial charge on any atom is -0.496 e. The van der Waals surface area contributed by atoms with Crippen LogP contribution in [0, 0.1) is 0 Å². The molecule has 3 atom stereocenters. The van der Waals surface area contributed by atoms with Crippen molar-refractivity contribution in [3.05, 3.63) is 23.3 Å². The summed E-state index contributed by atoms with van der Waals surface area (Å²) in [6.45, 7) is 2.56. The molecule has 0 aliphatic carbocycles. The van der Waals surface area contributed by atoms with Gasteiger partial charge in [-0.25, -0.2) is 0 Å². The van der Waals surface area contributed by atoms with Crippen molar-refractivity contribution in [2.75, 3.05) is 19.6 Å². The smallest absolute Gasteiger partial charge is 0.188 e. The molecule has 3 unspecified atom stereocenters. The molecule has 104 valence electrons. The highest BCUT2D eigenvalue weighted by atomic mass is 35.5. The van der Waals surface area contributed by atoms with Crippen LogP contribution in [0.2, 0.25) is 0 Å². The Labute approximate surface area is 117 Å². The summed E-state index contributed by atoms with van der Waals surface area (Å²) in [6.07, 6.45) is 0.617. The summed E-state index contributed by atoms with van der Waals surface area (Å²) in [4.78, 5) is 0. The third-order valence-electron chi connectivity index (χ3n) is 3.42. The lowest BCUT2D eigenvalue weighted by Crippen LogP contribution is -2.11. The summed E-state index contributed by atoms with van der Waals surface area (Å²) in [5.74, 6) is 2.10. The molecule has 0 bridgehead atoms. The van der Waals surface area contributed by atoms with E-state index < -0.39 is 6.29 Å². The number of hydrogen-bond acceptors (Lipinski definition) is 4. The first-order valence-electron chi connectivity index (χ1n) is 6.41. The normalized spacial score (nSPS) is 29.1. The van der Waals surface area contributed by atoms with Gasteiger partial charge in [-0.15, -0.1) is 11.6 Å². The summed E-state index contributed by atoms with van der Waals surface area (Å²) in [7, 11) is 1.65. The molecule has 2 aliphatic heterocycles. The van der Waals surface area contributed by atoms with E-state index in [9.17, 15) is 0 Å². The van der Waals surface area contributed by atoms with Crippen LogP contribution in [0.3, 0.4) is 0 Å². The molecule has 1 saturated heterocycles. The first kappa shape index (κ1) is 13.0. The van der Waals surface area contributed by atoms with Crippen molar-refractivity contribution in [1.82, 2.24) is 0 Å². The van der Waals surface area contributed by atoms with Crippen LogP contribution in [-0.2, 0) is 15.9 Å². The number of methoxy groups -OCH3 is 1. The number of ether oxygens (including phenoxy) is 4. The number of halogens is 1. The molecular formula is C14H17ClO4. The Bertz CT molecular complexity index is 477. The monoisotopic (exact) mass is 284 g/mol. The minimum atomic E-state index is -0.427. The molecule has 2 heterocycles. The molecule has 2 aliphatic rings. The van der Waals surface area contributed by atoms with Gasteiger partial charge in [0.15, 0.2) is 6.29 Å². The first-order chi connectivity index (χ1) is 9.21. The highest BCUT2D eigenvalue weighted by Gasteiger charge is 2.31. The van der Waals surface area contributed by atoms with Gasteiger partial charge in [0.25, 0.3) is 0 Å². The number of alkyl halides is 1.